The van der Waals surface area contributed by atoms with Gasteiger partial charge in [0.25, 0.3) is 5.88 Å². The second-order valence-electron chi connectivity index (χ2n) is 8.54. The summed E-state index contributed by atoms with van der Waals surface area (Å²) in [6.07, 6.45) is -14.9. The molecule has 0 aliphatic carbocycles. The number of aromatic nitrogens is 4. The molecule has 0 fully saturated rings. The van der Waals surface area contributed by atoms with E-state index in [1.165, 1.54) is 41.5 Å². The fourth-order valence-electron chi connectivity index (χ4n) is 3.90. The summed E-state index contributed by atoms with van der Waals surface area (Å²) in [7, 11) is 2.39. The van der Waals surface area contributed by atoms with Crippen molar-refractivity contribution in [2.75, 3.05) is 20.8 Å². The molecule has 41 heavy (non-hydrogen) atoms. The third kappa shape index (κ3) is 7.60. The van der Waals surface area contributed by atoms with Crippen molar-refractivity contribution in [2.24, 2.45) is 0 Å². The average Bonchev–Trinajstić information content (AvgIpc) is 3.35. The molecule has 0 spiro atoms. The molecule has 0 radical (unpaired) electrons. The zero-order valence-corrected chi connectivity index (χ0v) is 21.5. The molecular formula is C23H23F9N6O3. The van der Waals surface area contributed by atoms with Crippen molar-refractivity contribution in [3.05, 3.63) is 36.4 Å². The highest BCUT2D eigenvalue weighted by molar-refractivity contribution is 5.75. The number of imidazole rings is 1. The van der Waals surface area contributed by atoms with Gasteiger partial charge in [0.2, 0.25) is 5.88 Å². The molecule has 2 atom stereocenters. The minimum absolute atomic E-state index is 0.00445. The van der Waals surface area contributed by atoms with Crippen LogP contribution in [0.4, 0.5) is 44.3 Å². The van der Waals surface area contributed by atoms with E-state index in [2.05, 4.69) is 15.0 Å². The molecule has 2 amide bonds. The number of hydrogen-bond donors (Lipinski definition) is 1. The zero-order valence-electron chi connectivity index (χ0n) is 21.5. The lowest BCUT2D eigenvalue weighted by Crippen LogP contribution is -2.53. The lowest BCUT2D eigenvalue weighted by molar-refractivity contribution is -0.182. The first-order valence-electron chi connectivity index (χ1n) is 11.7. The van der Waals surface area contributed by atoms with Crippen LogP contribution >= 0.6 is 0 Å². The van der Waals surface area contributed by atoms with Crippen molar-refractivity contribution in [3.63, 3.8) is 0 Å². The SMILES string of the molecule is CCN(C(=O)NC(CCC(F)(F)F)C(F)(F)F)C(c1cc(-c2cn3ccnc3c(OC)n2)cc(OC)n1)C(F)(F)F. The van der Waals surface area contributed by atoms with Crippen molar-refractivity contribution in [3.8, 4) is 23.0 Å². The molecule has 0 bridgehead atoms. The van der Waals surface area contributed by atoms with Gasteiger partial charge in [-0.3, -0.25) is 0 Å². The molecule has 3 aromatic rings. The number of halogens is 9. The monoisotopic (exact) mass is 602 g/mol. The Bertz CT molecular complexity index is 1360. The molecule has 2 unspecified atom stereocenters. The highest BCUT2D eigenvalue weighted by Crippen LogP contribution is 2.40. The summed E-state index contributed by atoms with van der Waals surface area (Å²) in [4.78, 5) is 24.8. The third-order valence-electron chi connectivity index (χ3n) is 5.78. The van der Waals surface area contributed by atoms with Gasteiger partial charge >= 0.3 is 24.6 Å². The molecule has 3 heterocycles. The number of alkyl halides is 9. The van der Waals surface area contributed by atoms with Crippen molar-refractivity contribution < 1.29 is 53.8 Å². The molecule has 0 aromatic carbocycles. The van der Waals surface area contributed by atoms with Gasteiger partial charge in [0.15, 0.2) is 11.7 Å². The maximum Gasteiger partial charge on any atom is 0.414 e. The minimum Gasteiger partial charge on any atom is -0.481 e. The van der Waals surface area contributed by atoms with Crippen LogP contribution in [-0.2, 0) is 0 Å². The lowest BCUT2D eigenvalue weighted by atomic mass is 10.1. The molecule has 226 valence electrons. The normalized spacial score (nSPS) is 14.0. The summed E-state index contributed by atoms with van der Waals surface area (Å²) >= 11 is 0. The molecule has 1 N–H and O–H groups in total. The van der Waals surface area contributed by atoms with Crippen molar-refractivity contribution in [2.45, 2.75) is 50.4 Å². The Kier molecular flexibility index (Phi) is 9.12. The van der Waals surface area contributed by atoms with E-state index in [1.54, 1.807) is 0 Å². The van der Waals surface area contributed by atoms with Crippen LogP contribution in [0.3, 0.4) is 0 Å². The van der Waals surface area contributed by atoms with Gasteiger partial charge in [0.1, 0.15) is 6.04 Å². The largest absolute Gasteiger partial charge is 0.481 e. The highest BCUT2D eigenvalue weighted by Gasteiger charge is 2.49. The van der Waals surface area contributed by atoms with E-state index in [9.17, 15) is 44.3 Å². The fourth-order valence-corrected chi connectivity index (χ4v) is 3.90. The smallest absolute Gasteiger partial charge is 0.414 e. The van der Waals surface area contributed by atoms with E-state index in [-0.39, 0.29) is 27.9 Å². The van der Waals surface area contributed by atoms with Crippen LogP contribution in [0, 0.1) is 0 Å². The lowest BCUT2D eigenvalue weighted by Gasteiger charge is -2.34. The summed E-state index contributed by atoms with van der Waals surface area (Å²) in [5.41, 5.74) is -0.491. The van der Waals surface area contributed by atoms with Gasteiger partial charge in [-0.25, -0.2) is 19.7 Å². The second kappa shape index (κ2) is 11.9. The van der Waals surface area contributed by atoms with Crippen LogP contribution in [0.15, 0.2) is 30.7 Å². The molecular weight excluding hydrogens is 579 g/mol. The number of amides is 2. The number of hydrogen-bond acceptors (Lipinski definition) is 6. The quantitative estimate of drug-likeness (QED) is 0.315. The zero-order chi connectivity index (χ0) is 30.8. The van der Waals surface area contributed by atoms with Gasteiger partial charge in [-0.15, -0.1) is 0 Å². The van der Waals surface area contributed by atoms with Crippen LogP contribution in [0.1, 0.15) is 31.5 Å². The van der Waals surface area contributed by atoms with Gasteiger partial charge in [0, 0.05) is 43.2 Å². The van der Waals surface area contributed by atoms with Crippen molar-refractivity contribution >= 4 is 11.7 Å². The summed E-state index contributed by atoms with van der Waals surface area (Å²) in [5.74, 6) is -0.336. The molecule has 0 saturated heterocycles. The predicted molar refractivity (Wildman–Crippen MR) is 124 cm³/mol. The molecule has 0 saturated carbocycles. The van der Waals surface area contributed by atoms with Crippen LogP contribution in [0.5, 0.6) is 11.8 Å². The van der Waals surface area contributed by atoms with Gasteiger partial charge in [-0.1, -0.05) is 0 Å². The third-order valence-corrected chi connectivity index (χ3v) is 5.78. The summed E-state index contributed by atoms with van der Waals surface area (Å²) in [6, 6.07) is -5.74. The standard InChI is InChI=1S/C23H23F9N6O3/c1-4-38(20(39)36-15(22(27,28)29)5-6-21(24,25)26)17(23(30,31)32)13-9-12(10-16(34-13)40-2)14-11-37-8-7-33-18(37)19(35-14)41-3/h7-11,15,17H,4-6H2,1-3H3,(H,36,39). The van der Waals surface area contributed by atoms with E-state index in [0.29, 0.717) is 5.65 Å². The van der Waals surface area contributed by atoms with Gasteiger partial charge in [-0.2, -0.15) is 39.5 Å². The Balaban J connectivity index is 2.07. The molecule has 3 rings (SSSR count). The number of pyridine rings is 1. The minimum atomic E-state index is -5.37. The molecule has 3 aromatic heterocycles. The first-order valence-corrected chi connectivity index (χ1v) is 11.7. The maximum atomic E-state index is 14.4. The molecule has 18 heteroatoms. The summed E-state index contributed by atoms with van der Waals surface area (Å²) < 4.78 is 133. The average molecular weight is 602 g/mol. The highest BCUT2D eigenvalue weighted by atomic mass is 19.4. The van der Waals surface area contributed by atoms with E-state index in [0.717, 1.165) is 20.1 Å². The molecule has 0 aliphatic heterocycles. The Morgan fingerprint density at radius 1 is 1.02 bits per heavy atom. The fraction of sp³-hybridized carbons (Fsp3) is 0.478. The summed E-state index contributed by atoms with van der Waals surface area (Å²) in [5, 5.41) is 1.27. The first kappa shape index (κ1) is 31.5. The Hall–Kier alpha value is -3.99. The molecule has 0 aliphatic rings. The topological polar surface area (TPSA) is 93.9 Å². The Labute approximate surface area is 226 Å². The number of fused-ring (bicyclic) bond motifs is 1. The number of methoxy groups -OCH3 is 2. The number of nitrogens with zero attached hydrogens (tertiary/aromatic N) is 5. The predicted octanol–water partition coefficient (Wildman–Crippen LogP) is 5.72. The van der Waals surface area contributed by atoms with Crippen LogP contribution in [0.25, 0.3) is 16.9 Å². The van der Waals surface area contributed by atoms with Crippen molar-refractivity contribution in [1.29, 1.82) is 0 Å². The van der Waals surface area contributed by atoms with Gasteiger partial charge < -0.3 is 24.1 Å². The van der Waals surface area contributed by atoms with Crippen LogP contribution in [0.2, 0.25) is 0 Å². The van der Waals surface area contributed by atoms with E-state index in [4.69, 9.17) is 9.47 Å². The number of rotatable bonds is 9. The Morgan fingerprint density at radius 3 is 2.24 bits per heavy atom. The van der Waals surface area contributed by atoms with E-state index < -0.39 is 61.7 Å². The number of carbonyl (C=O) groups is 1. The van der Waals surface area contributed by atoms with Crippen molar-refractivity contribution in [1.82, 2.24) is 29.6 Å². The number of carbonyl (C=O) groups excluding carboxylic acids is 1. The number of ether oxygens (including phenoxy) is 2. The number of urea groups is 1. The molecule has 9 nitrogen and oxygen atoms in total. The van der Waals surface area contributed by atoms with Crippen LogP contribution < -0.4 is 14.8 Å². The van der Waals surface area contributed by atoms with Gasteiger partial charge in [-0.05, 0) is 19.4 Å². The first-order chi connectivity index (χ1) is 19.0. The second-order valence-corrected chi connectivity index (χ2v) is 8.54. The summed E-state index contributed by atoms with van der Waals surface area (Å²) in [6.45, 7) is 0.262. The van der Waals surface area contributed by atoms with Gasteiger partial charge in [0.05, 0.1) is 25.6 Å². The van der Waals surface area contributed by atoms with E-state index in [1.807, 2.05) is 0 Å². The number of nitrogens with one attached hydrogen (secondary N) is 1. The van der Waals surface area contributed by atoms with Crippen LogP contribution in [-0.4, -0.2) is 75.6 Å². The maximum absolute atomic E-state index is 14.4. The Morgan fingerprint density at radius 2 is 1.71 bits per heavy atom. The van der Waals surface area contributed by atoms with E-state index >= 15 is 0 Å².